The summed E-state index contributed by atoms with van der Waals surface area (Å²) in [5.41, 5.74) is 0. The van der Waals surface area contributed by atoms with Crippen molar-refractivity contribution in [1.29, 1.82) is 10.8 Å². The molecule has 6 nitrogen and oxygen atoms in total. The summed E-state index contributed by atoms with van der Waals surface area (Å²) < 4.78 is 0. The molecular formula is C3H6N2O4. The van der Waals surface area contributed by atoms with Gasteiger partial charge in [-0.3, -0.25) is 0 Å². The summed E-state index contributed by atoms with van der Waals surface area (Å²) >= 11 is 0. The van der Waals surface area contributed by atoms with E-state index >= 15 is 0 Å². The molecule has 4 N–H and O–H groups in total. The molecule has 0 aliphatic carbocycles. The van der Waals surface area contributed by atoms with Gasteiger partial charge in [-0.15, -0.1) is 0 Å². The SMILES string of the molecule is N=C=O.N=C=O.OCO. The van der Waals surface area contributed by atoms with Gasteiger partial charge in [0, 0.05) is 0 Å². The van der Waals surface area contributed by atoms with Crippen molar-refractivity contribution in [2.24, 2.45) is 0 Å². The van der Waals surface area contributed by atoms with Gasteiger partial charge in [0.1, 0.15) is 6.79 Å². The minimum Gasteiger partial charge on any atom is -0.371 e. The summed E-state index contributed by atoms with van der Waals surface area (Å²) in [6.45, 7) is -0.750. The maximum atomic E-state index is 8.35. The lowest BCUT2D eigenvalue weighted by molar-refractivity contribution is 0.0773. The van der Waals surface area contributed by atoms with Crippen LogP contribution in [0.5, 0.6) is 0 Å². The van der Waals surface area contributed by atoms with Crippen LogP contribution < -0.4 is 0 Å². The molecule has 0 aromatic carbocycles. The van der Waals surface area contributed by atoms with Crippen LogP contribution in [0.25, 0.3) is 0 Å². The quantitative estimate of drug-likeness (QED) is 0.187. The Morgan fingerprint density at radius 1 is 1.11 bits per heavy atom. The van der Waals surface area contributed by atoms with Gasteiger partial charge in [0.05, 0.1) is 0 Å². The van der Waals surface area contributed by atoms with E-state index in [1.165, 1.54) is 0 Å². The zero-order chi connectivity index (χ0) is 8.12. The van der Waals surface area contributed by atoms with Crippen molar-refractivity contribution < 1.29 is 19.8 Å². The highest BCUT2D eigenvalue weighted by Gasteiger charge is 1.32. The molecule has 0 aromatic heterocycles. The predicted molar refractivity (Wildman–Crippen MR) is 26.1 cm³/mol. The first-order chi connectivity index (χ1) is 4.24. The van der Waals surface area contributed by atoms with Crippen molar-refractivity contribution in [3.8, 4) is 0 Å². The van der Waals surface area contributed by atoms with Crippen LogP contribution in [0.15, 0.2) is 0 Å². The minimum atomic E-state index is -0.750. The Morgan fingerprint density at radius 2 is 1.11 bits per heavy atom. The van der Waals surface area contributed by atoms with E-state index in [0.717, 1.165) is 12.2 Å². The molecule has 0 aliphatic heterocycles. The maximum absolute atomic E-state index is 8.35. The number of rotatable bonds is 0. The Kier molecular flexibility index (Phi) is 133. The third kappa shape index (κ3) is 84.0. The number of nitrogens with one attached hydrogen (secondary N) is 2. The predicted octanol–water partition coefficient (Wildman–Crippen LogP) is -1.27. The summed E-state index contributed by atoms with van der Waals surface area (Å²) in [6.07, 6.45) is 1.50. The molecule has 0 saturated heterocycles. The molecule has 0 aliphatic rings. The van der Waals surface area contributed by atoms with Crippen molar-refractivity contribution in [1.82, 2.24) is 0 Å². The maximum Gasteiger partial charge on any atom is 0.231 e. The Labute approximate surface area is 50.8 Å². The van der Waals surface area contributed by atoms with Crippen molar-refractivity contribution in [2.45, 2.75) is 0 Å². The number of isocyanates is 2. The molecule has 52 valence electrons. The Balaban J connectivity index is -0.0000000600. The monoisotopic (exact) mass is 134 g/mol. The van der Waals surface area contributed by atoms with Crippen LogP contribution in [0.4, 0.5) is 0 Å². The van der Waals surface area contributed by atoms with E-state index < -0.39 is 6.79 Å². The van der Waals surface area contributed by atoms with Crippen LogP contribution in [0.2, 0.25) is 0 Å². The lowest BCUT2D eigenvalue weighted by atomic mass is 11.6. The number of carbonyl (C=O) groups excluding carboxylic acids is 2. The van der Waals surface area contributed by atoms with E-state index in [1.807, 2.05) is 0 Å². The van der Waals surface area contributed by atoms with Gasteiger partial charge < -0.3 is 10.2 Å². The molecular weight excluding hydrogens is 128 g/mol. The van der Waals surface area contributed by atoms with Crippen LogP contribution in [-0.4, -0.2) is 29.2 Å². The van der Waals surface area contributed by atoms with Crippen LogP contribution in [0.1, 0.15) is 0 Å². The standard InChI is InChI=1S/2CHNO.CH4O2/c3*2-1-3/h2*2H;2-3H,1H2. The first kappa shape index (κ1) is 15.6. The number of aliphatic hydroxyl groups excluding tert-OH is 1. The minimum absolute atomic E-state index is 0.750. The normalized spacial score (nSPS) is 3.78. The lowest BCUT2D eigenvalue weighted by Gasteiger charge is -1.55. The van der Waals surface area contributed by atoms with Crippen molar-refractivity contribution in [2.75, 3.05) is 6.79 Å². The van der Waals surface area contributed by atoms with Gasteiger partial charge in [-0.05, 0) is 0 Å². The Bertz CT molecular complexity index is 78.0. The van der Waals surface area contributed by atoms with Crippen LogP contribution in [0.3, 0.4) is 0 Å². The van der Waals surface area contributed by atoms with Gasteiger partial charge in [0.15, 0.2) is 0 Å². The fourth-order valence-electron chi connectivity index (χ4n) is 0. The highest BCUT2D eigenvalue weighted by atomic mass is 16.5. The number of hydrogen-bond donors (Lipinski definition) is 4. The van der Waals surface area contributed by atoms with E-state index in [0.29, 0.717) is 0 Å². The summed E-state index contributed by atoms with van der Waals surface area (Å²) in [6, 6.07) is 0. The Morgan fingerprint density at radius 3 is 1.11 bits per heavy atom. The first-order valence-electron chi connectivity index (χ1n) is 1.54. The molecule has 0 atom stereocenters. The van der Waals surface area contributed by atoms with Crippen molar-refractivity contribution in [3.05, 3.63) is 0 Å². The Hall–Kier alpha value is -1.32. The number of aliphatic hydroxyl groups is 2. The second-order valence-corrected chi connectivity index (χ2v) is 0.346. The largest absolute Gasteiger partial charge is 0.371 e. The molecule has 0 unspecified atom stereocenters. The third-order valence-corrected chi connectivity index (χ3v) is 0. The second-order valence-electron chi connectivity index (χ2n) is 0.346. The van der Waals surface area contributed by atoms with Crippen LogP contribution in [0, 0.1) is 10.8 Å². The van der Waals surface area contributed by atoms with E-state index in [1.54, 1.807) is 0 Å². The molecule has 0 bridgehead atoms. The molecule has 0 fully saturated rings. The van der Waals surface area contributed by atoms with Crippen LogP contribution in [-0.2, 0) is 9.59 Å². The number of hydrogen-bond acceptors (Lipinski definition) is 6. The molecule has 0 aromatic rings. The molecule has 0 spiro atoms. The highest BCUT2D eigenvalue weighted by molar-refractivity contribution is 5.26. The lowest BCUT2D eigenvalue weighted by Crippen LogP contribution is -1.66. The smallest absolute Gasteiger partial charge is 0.231 e. The summed E-state index contributed by atoms with van der Waals surface area (Å²) in [5, 5.41) is 25.1. The van der Waals surface area contributed by atoms with Gasteiger partial charge in [-0.2, -0.15) is 0 Å². The zero-order valence-electron chi connectivity index (χ0n) is 4.42. The average Bonchev–Trinajstić information content (AvgIpc) is 1.70. The van der Waals surface area contributed by atoms with Crippen LogP contribution >= 0.6 is 0 Å². The van der Waals surface area contributed by atoms with Gasteiger partial charge in [-0.1, -0.05) is 0 Å². The van der Waals surface area contributed by atoms with Gasteiger partial charge in [0.25, 0.3) is 0 Å². The summed E-state index contributed by atoms with van der Waals surface area (Å²) in [5.74, 6) is 0. The fraction of sp³-hybridized carbons (Fsp3) is 0.333. The molecule has 0 rings (SSSR count). The topological polar surface area (TPSA) is 122 Å². The van der Waals surface area contributed by atoms with E-state index in [4.69, 9.17) is 30.6 Å². The van der Waals surface area contributed by atoms with Gasteiger partial charge in [-0.25, -0.2) is 20.4 Å². The molecule has 9 heavy (non-hydrogen) atoms. The molecule has 0 radical (unpaired) electrons. The highest BCUT2D eigenvalue weighted by Crippen LogP contribution is 1.17. The molecule has 0 heterocycles. The van der Waals surface area contributed by atoms with E-state index in [2.05, 4.69) is 0 Å². The van der Waals surface area contributed by atoms with Crippen molar-refractivity contribution >= 4 is 12.2 Å². The van der Waals surface area contributed by atoms with E-state index in [9.17, 15) is 0 Å². The first-order valence-corrected chi connectivity index (χ1v) is 1.54. The fourth-order valence-corrected chi connectivity index (χ4v) is 0. The molecule has 6 heteroatoms. The third-order valence-electron chi connectivity index (χ3n) is 0. The summed E-state index contributed by atoms with van der Waals surface area (Å²) in [4.78, 5) is 16.7. The molecule has 0 saturated carbocycles. The van der Waals surface area contributed by atoms with E-state index in [-0.39, 0.29) is 0 Å². The van der Waals surface area contributed by atoms with Gasteiger partial charge >= 0.3 is 0 Å². The van der Waals surface area contributed by atoms with Crippen molar-refractivity contribution in [3.63, 3.8) is 0 Å². The van der Waals surface area contributed by atoms with Gasteiger partial charge in [0.2, 0.25) is 12.2 Å². The molecule has 0 amide bonds. The second kappa shape index (κ2) is 76.4. The average molecular weight is 134 g/mol. The zero-order valence-corrected chi connectivity index (χ0v) is 4.42. The summed E-state index contributed by atoms with van der Waals surface area (Å²) in [7, 11) is 0.